The van der Waals surface area contributed by atoms with Crippen molar-refractivity contribution in [2.75, 3.05) is 31.7 Å². The third-order valence-corrected chi connectivity index (χ3v) is 6.01. The first-order valence-corrected chi connectivity index (χ1v) is 10.9. The van der Waals surface area contributed by atoms with Gasteiger partial charge in [0.1, 0.15) is 5.82 Å². The summed E-state index contributed by atoms with van der Waals surface area (Å²) in [6.45, 7) is 1.53. The minimum absolute atomic E-state index is 0.0697. The van der Waals surface area contributed by atoms with Gasteiger partial charge in [-0.3, -0.25) is 19.3 Å². The Morgan fingerprint density at radius 3 is 2.90 bits per heavy atom. The molecule has 0 aliphatic carbocycles. The van der Waals surface area contributed by atoms with Crippen molar-refractivity contribution in [1.82, 2.24) is 19.9 Å². The Morgan fingerprint density at radius 2 is 2.13 bits per heavy atom. The average molecular weight is 442 g/mol. The molecule has 1 aromatic carbocycles. The zero-order valence-electron chi connectivity index (χ0n) is 17.2. The molecule has 1 aliphatic heterocycles. The first-order chi connectivity index (χ1) is 15.0. The number of ether oxygens (including phenoxy) is 1. The lowest BCUT2D eigenvalue weighted by atomic mass is 10.2. The van der Waals surface area contributed by atoms with Crippen molar-refractivity contribution in [3.05, 3.63) is 51.5 Å². The number of H-pyrrole nitrogens is 1. The van der Waals surface area contributed by atoms with Crippen LogP contribution in [0.4, 0.5) is 5.13 Å². The van der Waals surface area contributed by atoms with Crippen LogP contribution in [-0.4, -0.2) is 58.5 Å². The number of benzene rings is 1. The molecule has 162 valence electrons. The second-order valence-corrected chi connectivity index (χ2v) is 8.12. The summed E-state index contributed by atoms with van der Waals surface area (Å²) in [5, 5.41) is 2.95. The molecular formula is C21H23N5O4S. The number of aromatic nitrogens is 3. The summed E-state index contributed by atoms with van der Waals surface area (Å²) >= 11 is 1.37. The molecule has 1 aliphatic rings. The van der Waals surface area contributed by atoms with E-state index < -0.39 is 0 Å². The van der Waals surface area contributed by atoms with Gasteiger partial charge in [-0.25, -0.2) is 9.97 Å². The molecule has 3 heterocycles. The average Bonchev–Trinajstić information content (AvgIpc) is 3.39. The second kappa shape index (κ2) is 9.36. The van der Waals surface area contributed by atoms with Crippen molar-refractivity contribution < 1.29 is 14.3 Å². The highest BCUT2D eigenvalue weighted by Crippen LogP contribution is 2.25. The molecule has 10 heteroatoms. The number of rotatable bonds is 8. The molecule has 31 heavy (non-hydrogen) atoms. The summed E-state index contributed by atoms with van der Waals surface area (Å²) in [7, 11) is 1.57. The number of anilines is 1. The summed E-state index contributed by atoms with van der Waals surface area (Å²) in [5.74, 6) is 0.326. The van der Waals surface area contributed by atoms with E-state index in [1.807, 2.05) is 11.4 Å². The highest BCUT2D eigenvalue weighted by molar-refractivity contribution is 7.14. The number of carbonyl (C=O) groups is 2. The normalized spacial score (nSPS) is 13.8. The van der Waals surface area contributed by atoms with Crippen molar-refractivity contribution in [2.24, 2.45) is 0 Å². The van der Waals surface area contributed by atoms with Gasteiger partial charge in [-0.05, 0) is 18.6 Å². The lowest BCUT2D eigenvalue weighted by Crippen LogP contribution is -2.35. The lowest BCUT2D eigenvalue weighted by Gasteiger charge is -2.21. The van der Waals surface area contributed by atoms with Crippen LogP contribution < -0.4 is 10.5 Å². The fourth-order valence-electron chi connectivity index (χ4n) is 3.50. The van der Waals surface area contributed by atoms with Crippen molar-refractivity contribution in [2.45, 2.75) is 25.8 Å². The second-order valence-electron chi connectivity index (χ2n) is 7.28. The Balaban J connectivity index is 1.50. The van der Waals surface area contributed by atoms with E-state index in [4.69, 9.17) is 4.74 Å². The largest absolute Gasteiger partial charge is 0.383 e. The van der Waals surface area contributed by atoms with E-state index in [1.54, 1.807) is 35.1 Å². The zero-order valence-corrected chi connectivity index (χ0v) is 18.0. The molecule has 2 aromatic heterocycles. The minimum Gasteiger partial charge on any atom is -0.383 e. The molecule has 2 amide bonds. The maximum Gasteiger partial charge on any atom is 0.258 e. The van der Waals surface area contributed by atoms with Crippen LogP contribution in [0.15, 0.2) is 34.4 Å². The number of methoxy groups -OCH3 is 1. The molecule has 0 atom stereocenters. The van der Waals surface area contributed by atoms with Gasteiger partial charge in [-0.15, -0.1) is 11.3 Å². The summed E-state index contributed by atoms with van der Waals surface area (Å²) in [6, 6.07) is 7.08. The molecule has 0 unspecified atom stereocenters. The third kappa shape index (κ3) is 4.80. The maximum absolute atomic E-state index is 13.0. The Labute approximate surface area is 182 Å². The van der Waals surface area contributed by atoms with Crippen LogP contribution in [0.3, 0.4) is 0 Å². The van der Waals surface area contributed by atoms with Crippen LogP contribution >= 0.6 is 11.3 Å². The fourth-order valence-corrected chi connectivity index (χ4v) is 4.37. The fraction of sp³-hybridized carbons (Fsp3) is 0.381. The maximum atomic E-state index is 13.0. The number of aromatic amines is 1. The van der Waals surface area contributed by atoms with E-state index in [0.29, 0.717) is 53.7 Å². The van der Waals surface area contributed by atoms with Gasteiger partial charge in [0.05, 0.1) is 36.2 Å². The molecule has 1 saturated heterocycles. The molecule has 1 N–H and O–H groups in total. The summed E-state index contributed by atoms with van der Waals surface area (Å²) in [4.78, 5) is 52.3. The Hall–Kier alpha value is -3.11. The van der Waals surface area contributed by atoms with E-state index in [-0.39, 0.29) is 30.3 Å². The van der Waals surface area contributed by atoms with Gasteiger partial charge in [-0.1, -0.05) is 12.1 Å². The molecule has 3 aromatic rings. The van der Waals surface area contributed by atoms with Crippen molar-refractivity contribution in [3.63, 3.8) is 0 Å². The number of hydrogen-bond donors (Lipinski definition) is 1. The SMILES string of the molecule is COCCN(Cc1nc2ccccc2c(=O)[nH]1)C(=O)Cc1csc(N2CCCC2=O)n1. The van der Waals surface area contributed by atoms with Gasteiger partial charge >= 0.3 is 0 Å². The number of fused-ring (bicyclic) bond motifs is 1. The van der Waals surface area contributed by atoms with Crippen LogP contribution in [-0.2, 0) is 27.3 Å². The highest BCUT2D eigenvalue weighted by Gasteiger charge is 2.25. The quantitative estimate of drug-likeness (QED) is 0.570. The minimum atomic E-state index is -0.237. The molecule has 9 nitrogen and oxygen atoms in total. The predicted molar refractivity (Wildman–Crippen MR) is 117 cm³/mol. The number of hydrogen-bond acceptors (Lipinski definition) is 7. The van der Waals surface area contributed by atoms with Crippen LogP contribution in [0.1, 0.15) is 24.4 Å². The smallest absolute Gasteiger partial charge is 0.258 e. The monoisotopic (exact) mass is 441 g/mol. The molecule has 0 bridgehead atoms. The Morgan fingerprint density at radius 1 is 1.29 bits per heavy atom. The van der Waals surface area contributed by atoms with Crippen LogP contribution in [0.25, 0.3) is 10.9 Å². The molecule has 4 rings (SSSR count). The Bertz CT molecular complexity index is 1160. The standard InChI is InChI=1S/C21H23N5O4S/c1-30-10-9-25(12-17-23-16-6-3-2-5-15(16)20(29)24-17)19(28)11-14-13-31-21(22-14)26-8-4-7-18(26)27/h2-3,5-6,13H,4,7-12H2,1H3,(H,23,24,29). The van der Waals surface area contributed by atoms with Crippen molar-refractivity contribution in [1.29, 1.82) is 0 Å². The van der Waals surface area contributed by atoms with E-state index in [1.165, 1.54) is 11.3 Å². The number of nitrogens with one attached hydrogen (secondary N) is 1. The molecule has 0 spiro atoms. The molecule has 0 radical (unpaired) electrons. The Kier molecular flexibility index (Phi) is 6.38. The summed E-state index contributed by atoms with van der Waals surface area (Å²) < 4.78 is 5.14. The van der Waals surface area contributed by atoms with Crippen molar-refractivity contribution >= 4 is 39.2 Å². The van der Waals surface area contributed by atoms with Crippen LogP contribution in [0.5, 0.6) is 0 Å². The highest BCUT2D eigenvalue weighted by atomic mass is 32.1. The van der Waals surface area contributed by atoms with Gasteiger partial charge in [0, 0.05) is 32.0 Å². The zero-order chi connectivity index (χ0) is 21.8. The van der Waals surface area contributed by atoms with Crippen molar-refractivity contribution in [3.8, 4) is 0 Å². The van der Waals surface area contributed by atoms with E-state index in [0.717, 1.165) is 6.42 Å². The number of nitrogens with zero attached hydrogens (tertiary/aromatic N) is 4. The first kappa shape index (κ1) is 21.1. The van der Waals surface area contributed by atoms with E-state index >= 15 is 0 Å². The van der Waals surface area contributed by atoms with E-state index in [2.05, 4.69) is 15.0 Å². The number of carbonyl (C=O) groups excluding carboxylic acids is 2. The third-order valence-electron chi connectivity index (χ3n) is 5.10. The van der Waals surface area contributed by atoms with Crippen LogP contribution in [0.2, 0.25) is 0 Å². The van der Waals surface area contributed by atoms with Gasteiger partial charge in [0.25, 0.3) is 5.56 Å². The van der Waals surface area contributed by atoms with Gasteiger partial charge in [0.2, 0.25) is 11.8 Å². The van der Waals surface area contributed by atoms with Gasteiger partial charge in [-0.2, -0.15) is 0 Å². The molecular weight excluding hydrogens is 418 g/mol. The lowest BCUT2D eigenvalue weighted by molar-refractivity contribution is -0.131. The summed E-state index contributed by atoms with van der Waals surface area (Å²) in [5.41, 5.74) is 0.964. The number of amides is 2. The van der Waals surface area contributed by atoms with Gasteiger partial charge in [0.15, 0.2) is 5.13 Å². The molecule has 0 saturated carbocycles. The number of thiazole rings is 1. The first-order valence-electron chi connectivity index (χ1n) is 10.0. The predicted octanol–water partition coefficient (Wildman–Crippen LogP) is 1.72. The van der Waals surface area contributed by atoms with E-state index in [9.17, 15) is 14.4 Å². The van der Waals surface area contributed by atoms with Gasteiger partial charge < -0.3 is 14.6 Å². The summed E-state index contributed by atoms with van der Waals surface area (Å²) in [6.07, 6.45) is 1.46. The molecule has 1 fully saturated rings. The topological polar surface area (TPSA) is 108 Å². The number of para-hydroxylation sites is 1. The van der Waals surface area contributed by atoms with Crippen LogP contribution in [0, 0.1) is 0 Å².